The number of halogens is 2. The van der Waals surface area contributed by atoms with Crippen LogP contribution in [0.4, 0.5) is 0 Å². The van der Waals surface area contributed by atoms with Crippen LogP contribution >= 0.6 is 45.2 Å². The van der Waals surface area contributed by atoms with Gasteiger partial charge in [0.1, 0.15) is 0 Å². The van der Waals surface area contributed by atoms with Crippen molar-refractivity contribution in [3.8, 4) is 11.1 Å². The molecule has 0 aliphatic heterocycles. The smallest absolute Gasteiger partial charge is 0.0311 e. The van der Waals surface area contributed by atoms with Crippen LogP contribution in [-0.4, -0.2) is 0 Å². The zero-order chi connectivity index (χ0) is 18.6. The van der Waals surface area contributed by atoms with Gasteiger partial charge < -0.3 is 0 Å². The van der Waals surface area contributed by atoms with Crippen LogP contribution in [0.3, 0.4) is 0 Å². The predicted molar refractivity (Wildman–Crippen MR) is 127 cm³/mol. The first kappa shape index (κ1) is 19.7. The number of hydrogen-bond donors (Lipinski definition) is 0. The third kappa shape index (κ3) is 2.81. The Balaban J connectivity index is 2.49. The maximum atomic E-state index is 2.49. The van der Waals surface area contributed by atoms with Gasteiger partial charge in [-0.2, -0.15) is 0 Å². The molecule has 2 aromatic rings. The Hall–Kier alpha value is -0.100. The van der Waals surface area contributed by atoms with E-state index in [4.69, 9.17) is 0 Å². The predicted octanol–water partition coefficient (Wildman–Crippen LogP) is 7.92. The van der Waals surface area contributed by atoms with E-state index in [-0.39, 0.29) is 16.2 Å². The molecule has 0 fully saturated rings. The summed E-state index contributed by atoms with van der Waals surface area (Å²) in [6.07, 6.45) is 0. The van der Waals surface area contributed by atoms with Crippen molar-refractivity contribution < 1.29 is 0 Å². The van der Waals surface area contributed by atoms with E-state index in [9.17, 15) is 0 Å². The van der Waals surface area contributed by atoms with Crippen LogP contribution < -0.4 is 0 Å². The zero-order valence-corrected chi connectivity index (χ0v) is 20.4. The SMILES string of the molecule is CC(C)(C)C1(C(C)(C)C)c2cc(CI)ccc2-c2ccc(CI)cc21. The van der Waals surface area contributed by atoms with E-state index in [2.05, 4.69) is 123 Å². The summed E-state index contributed by atoms with van der Waals surface area (Å²) in [5.74, 6) is 0. The zero-order valence-electron chi connectivity index (χ0n) is 16.1. The second-order valence-corrected chi connectivity index (χ2v) is 10.8. The number of hydrogen-bond acceptors (Lipinski definition) is 0. The van der Waals surface area contributed by atoms with Crippen molar-refractivity contribution >= 4 is 45.2 Å². The van der Waals surface area contributed by atoms with Gasteiger partial charge in [-0.05, 0) is 44.2 Å². The third-order valence-electron chi connectivity index (χ3n) is 5.82. The van der Waals surface area contributed by atoms with Gasteiger partial charge in [-0.25, -0.2) is 0 Å². The molecule has 0 radical (unpaired) electrons. The molecule has 0 bridgehead atoms. The lowest BCUT2D eigenvalue weighted by molar-refractivity contribution is 0.0949. The molecule has 1 aliphatic rings. The summed E-state index contributed by atoms with van der Waals surface area (Å²) in [6, 6.07) is 14.3. The Bertz CT molecular complexity index is 734. The lowest BCUT2D eigenvalue weighted by Crippen LogP contribution is -2.50. The van der Waals surface area contributed by atoms with E-state index in [0.29, 0.717) is 0 Å². The van der Waals surface area contributed by atoms with Crippen LogP contribution in [-0.2, 0) is 14.3 Å². The van der Waals surface area contributed by atoms with E-state index in [1.165, 1.54) is 33.4 Å². The topological polar surface area (TPSA) is 0 Å². The van der Waals surface area contributed by atoms with Gasteiger partial charge in [0, 0.05) is 14.3 Å². The average Bonchev–Trinajstić information content (AvgIpc) is 2.83. The second kappa shape index (κ2) is 6.50. The van der Waals surface area contributed by atoms with Crippen molar-refractivity contribution in [3.63, 3.8) is 0 Å². The Labute approximate surface area is 180 Å². The van der Waals surface area contributed by atoms with Crippen LogP contribution in [0.5, 0.6) is 0 Å². The molecule has 134 valence electrons. The minimum atomic E-state index is 0.00824. The molecule has 0 heterocycles. The molecule has 25 heavy (non-hydrogen) atoms. The Morgan fingerprint density at radius 2 is 1.04 bits per heavy atom. The molecule has 0 saturated heterocycles. The molecule has 0 spiro atoms. The highest BCUT2D eigenvalue weighted by Gasteiger charge is 2.57. The molecule has 2 aromatic carbocycles. The van der Waals surface area contributed by atoms with E-state index < -0.39 is 0 Å². The van der Waals surface area contributed by atoms with Crippen molar-refractivity contribution in [1.82, 2.24) is 0 Å². The van der Waals surface area contributed by atoms with Gasteiger partial charge in [-0.1, -0.05) is 123 Å². The van der Waals surface area contributed by atoms with Gasteiger partial charge in [0.05, 0.1) is 0 Å². The molecule has 0 unspecified atom stereocenters. The molecule has 2 heteroatoms. The molecule has 0 N–H and O–H groups in total. The maximum absolute atomic E-state index is 2.49. The van der Waals surface area contributed by atoms with E-state index >= 15 is 0 Å². The quantitative estimate of drug-likeness (QED) is 0.260. The standard InChI is InChI=1S/C23H28I2/c1-21(2,3)23(22(4,5)6)19-11-15(13-24)7-9-17(19)18-10-8-16(14-25)12-20(18)23/h7-12H,13-14H2,1-6H3. The number of rotatable bonds is 2. The first-order chi connectivity index (χ1) is 11.6. The van der Waals surface area contributed by atoms with Gasteiger partial charge in [-0.3, -0.25) is 0 Å². The number of benzene rings is 2. The fraction of sp³-hybridized carbons (Fsp3) is 0.478. The molecule has 0 aromatic heterocycles. The molecule has 0 amide bonds. The Morgan fingerprint density at radius 1 is 0.680 bits per heavy atom. The van der Waals surface area contributed by atoms with E-state index in [1.54, 1.807) is 0 Å². The van der Waals surface area contributed by atoms with Gasteiger partial charge in [-0.15, -0.1) is 0 Å². The van der Waals surface area contributed by atoms with Crippen LogP contribution in [0.1, 0.15) is 63.8 Å². The normalized spacial score (nSPS) is 15.8. The van der Waals surface area contributed by atoms with Crippen molar-refractivity contribution in [2.45, 2.75) is 55.8 Å². The van der Waals surface area contributed by atoms with Gasteiger partial charge >= 0.3 is 0 Å². The summed E-state index contributed by atoms with van der Waals surface area (Å²) in [5.41, 5.74) is 9.05. The summed E-state index contributed by atoms with van der Waals surface area (Å²) in [6.45, 7) is 14.5. The monoisotopic (exact) mass is 558 g/mol. The highest BCUT2D eigenvalue weighted by Crippen LogP contribution is 2.64. The van der Waals surface area contributed by atoms with Crippen LogP contribution in [0, 0.1) is 10.8 Å². The molecule has 0 saturated carbocycles. The minimum absolute atomic E-state index is 0.00824. The van der Waals surface area contributed by atoms with Crippen molar-refractivity contribution in [2.75, 3.05) is 0 Å². The van der Waals surface area contributed by atoms with Crippen molar-refractivity contribution in [3.05, 3.63) is 58.7 Å². The molecule has 3 rings (SSSR count). The Kier molecular flexibility index (Phi) is 5.11. The maximum Gasteiger partial charge on any atom is 0.0311 e. The molecule has 0 nitrogen and oxygen atoms in total. The first-order valence-electron chi connectivity index (χ1n) is 8.97. The van der Waals surface area contributed by atoms with Gasteiger partial charge in [0.25, 0.3) is 0 Å². The average molecular weight is 558 g/mol. The molecule has 0 atom stereocenters. The highest BCUT2D eigenvalue weighted by molar-refractivity contribution is 14.1. The summed E-state index contributed by atoms with van der Waals surface area (Å²) >= 11 is 4.96. The lowest BCUT2D eigenvalue weighted by Gasteiger charge is -2.53. The summed E-state index contributed by atoms with van der Waals surface area (Å²) in [4.78, 5) is 0. The van der Waals surface area contributed by atoms with E-state index in [0.717, 1.165) is 8.86 Å². The summed E-state index contributed by atoms with van der Waals surface area (Å²) < 4.78 is 2.12. The van der Waals surface area contributed by atoms with Crippen molar-refractivity contribution in [2.24, 2.45) is 10.8 Å². The lowest BCUT2D eigenvalue weighted by atomic mass is 9.50. The number of alkyl halides is 2. The number of fused-ring (bicyclic) bond motifs is 3. The minimum Gasteiger partial charge on any atom is -0.0812 e. The van der Waals surface area contributed by atoms with Gasteiger partial charge in [0.15, 0.2) is 0 Å². The molecular weight excluding hydrogens is 530 g/mol. The fourth-order valence-corrected chi connectivity index (χ4v) is 6.27. The highest BCUT2D eigenvalue weighted by atomic mass is 127. The van der Waals surface area contributed by atoms with Crippen LogP contribution in [0.25, 0.3) is 11.1 Å². The Morgan fingerprint density at radius 3 is 1.32 bits per heavy atom. The van der Waals surface area contributed by atoms with Gasteiger partial charge in [0.2, 0.25) is 0 Å². The largest absolute Gasteiger partial charge is 0.0812 e. The second-order valence-electron chi connectivity index (χ2n) is 9.28. The van der Waals surface area contributed by atoms with Crippen molar-refractivity contribution in [1.29, 1.82) is 0 Å². The third-order valence-corrected chi connectivity index (χ3v) is 7.59. The molecule has 1 aliphatic carbocycles. The van der Waals surface area contributed by atoms with Crippen LogP contribution in [0.15, 0.2) is 36.4 Å². The fourth-order valence-electron chi connectivity index (χ4n) is 5.33. The first-order valence-corrected chi connectivity index (χ1v) is 12.0. The molecular formula is C23H28I2. The van der Waals surface area contributed by atoms with Crippen LogP contribution in [0.2, 0.25) is 0 Å². The summed E-state index contributed by atoms with van der Waals surface area (Å²) in [5, 5.41) is 0. The summed E-state index contributed by atoms with van der Waals surface area (Å²) in [7, 11) is 0. The van der Waals surface area contributed by atoms with E-state index in [1.807, 2.05) is 0 Å².